The molecule has 0 spiro atoms. The summed E-state index contributed by atoms with van der Waals surface area (Å²) in [6, 6.07) is 2.87. The van der Waals surface area contributed by atoms with Crippen LogP contribution in [0.3, 0.4) is 0 Å². The van der Waals surface area contributed by atoms with E-state index < -0.39 is 5.97 Å². The smallest absolute Gasteiger partial charge is 0.337 e. The Labute approximate surface area is 122 Å². The van der Waals surface area contributed by atoms with Crippen molar-refractivity contribution in [3.63, 3.8) is 0 Å². The van der Waals surface area contributed by atoms with Crippen molar-refractivity contribution in [3.05, 3.63) is 27.2 Å². The molecule has 7 heteroatoms. The number of carbonyl (C=O) groups is 2. The maximum absolute atomic E-state index is 11.8. The summed E-state index contributed by atoms with van der Waals surface area (Å²) in [4.78, 5) is 24.4. The number of hydrogen-bond acceptors (Lipinski definition) is 2. The summed E-state index contributed by atoms with van der Waals surface area (Å²) in [7, 11) is 0. The van der Waals surface area contributed by atoms with E-state index in [1.807, 2.05) is 0 Å². The van der Waals surface area contributed by atoms with Gasteiger partial charge < -0.3 is 10.0 Å². The first-order chi connectivity index (χ1) is 8.40. The van der Waals surface area contributed by atoms with E-state index >= 15 is 0 Å². The van der Waals surface area contributed by atoms with Gasteiger partial charge in [0.1, 0.15) is 0 Å². The highest BCUT2D eigenvalue weighted by Gasteiger charge is 2.33. The minimum absolute atomic E-state index is 0.0199. The van der Waals surface area contributed by atoms with Crippen molar-refractivity contribution in [1.82, 2.24) is 0 Å². The van der Waals surface area contributed by atoms with Gasteiger partial charge in [-0.3, -0.25) is 4.79 Å². The lowest BCUT2D eigenvalue weighted by atomic mass is 10.1. The van der Waals surface area contributed by atoms with Gasteiger partial charge in [0.15, 0.2) is 0 Å². The Balaban J connectivity index is 2.56. The fraction of sp³-hybridized carbons (Fsp3) is 0.273. The van der Waals surface area contributed by atoms with Gasteiger partial charge in [-0.15, -0.1) is 11.6 Å². The van der Waals surface area contributed by atoms with E-state index in [9.17, 15) is 14.7 Å². The molecule has 1 atom stereocenters. The van der Waals surface area contributed by atoms with Crippen LogP contribution in [0.1, 0.15) is 16.8 Å². The number of carboxylic acids is 1. The molecule has 1 unspecified atom stereocenters. The molecule has 0 bridgehead atoms. The van der Waals surface area contributed by atoms with Gasteiger partial charge in [0.05, 0.1) is 16.6 Å². The van der Waals surface area contributed by atoms with E-state index in [2.05, 4.69) is 15.9 Å². The van der Waals surface area contributed by atoms with Crippen LogP contribution < -0.4 is 4.90 Å². The maximum Gasteiger partial charge on any atom is 0.337 e. The summed E-state index contributed by atoms with van der Waals surface area (Å²) in [5.74, 6) is -1.33. The van der Waals surface area contributed by atoms with Crippen LogP contribution in [0.25, 0.3) is 0 Å². The standard InChI is InChI=1S/C11H8BrCl2NO3/c12-8-2-5(13)1-7(11(17)18)10(8)15-4-6(14)3-9(15)16/h1-2,6H,3-4H2,(H,17,18). The number of amides is 1. The maximum atomic E-state index is 11.8. The molecule has 1 aliphatic heterocycles. The first-order valence-electron chi connectivity index (χ1n) is 5.07. The summed E-state index contributed by atoms with van der Waals surface area (Å²) in [6.45, 7) is 0.293. The van der Waals surface area contributed by atoms with Crippen molar-refractivity contribution in [1.29, 1.82) is 0 Å². The van der Waals surface area contributed by atoms with Crippen LogP contribution in [-0.2, 0) is 4.79 Å². The highest BCUT2D eigenvalue weighted by molar-refractivity contribution is 9.10. The fourth-order valence-electron chi connectivity index (χ4n) is 1.88. The molecule has 0 radical (unpaired) electrons. The number of nitrogens with zero attached hydrogens (tertiary/aromatic N) is 1. The minimum Gasteiger partial charge on any atom is -0.478 e. The van der Waals surface area contributed by atoms with E-state index in [1.54, 1.807) is 6.07 Å². The third kappa shape index (κ3) is 2.48. The zero-order chi connectivity index (χ0) is 13.4. The topological polar surface area (TPSA) is 57.6 Å². The largest absolute Gasteiger partial charge is 0.478 e. The Bertz CT molecular complexity index is 535. The van der Waals surface area contributed by atoms with E-state index in [0.29, 0.717) is 16.7 Å². The van der Waals surface area contributed by atoms with E-state index in [-0.39, 0.29) is 28.3 Å². The van der Waals surface area contributed by atoms with Gasteiger partial charge in [-0.2, -0.15) is 0 Å². The lowest BCUT2D eigenvalue weighted by Gasteiger charge is -2.20. The molecule has 0 saturated carbocycles. The second kappa shape index (κ2) is 5.07. The van der Waals surface area contributed by atoms with Crippen molar-refractivity contribution in [3.8, 4) is 0 Å². The Morgan fingerprint density at radius 3 is 2.67 bits per heavy atom. The van der Waals surface area contributed by atoms with E-state index in [0.717, 1.165) is 0 Å². The molecule has 1 saturated heterocycles. The van der Waals surface area contributed by atoms with Gasteiger partial charge in [-0.05, 0) is 28.1 Å². The summed E-state index contributed by atoms with van der Waals surface area (Å²) in [5.41, 5.74) is 0.286. The van der Waals surface area contributed by atoms with Crippen molar-refractivity contribution < 1.29 is 14.7 Å². The third-order valence-electron chi connectivity index (χ3n) is 2.61. The molecular weight excluding hydrogens is 345 g/mol. The number of alkyl halides is 1. The summed E-state index contributed by atoms with van der Waals surface area (Å²) >= 11 is 15.0. The molecule has 2 rings (SSSR count). The Morgan fingerprint density at radius 1 is 1.50 bits per heavy atom. The normalized spacial score (nSPS) is 19.4. The summed E-state index contributed by atoms with van der Waals surface area (Å²) in [6.07, 6.45) is 0.204. The number of rotatable bonds is 2. The lowest BCUT2D eigenvalue weighted by Crippen LogP contribution is -2.27. The second-order valence-electron chi connectivity index (χ2n) is 3.89. The van der Waals surface area contributed by atoms with Crippen molar-refractivity contribution in [2.24, 2.45) is 0 Å². The Kier molecular flexibility index (Phi) is 3.84. The quantitative estimate of drug-likeness (QED) is 0.832. The van der Waals surface area contributed by atoms with Crippen LogP contribution in [0.2, 0.25) is 5.02 Å². The number of carbonyl (C=O) groups excluding carboxylic acids is 1. The van der Waals surface area contributed by atoms with Crippen LogP contribution in [-0.4, -0.2) is 28.9 Å². The molecule has 1 fully saturated rings. The Morgan fingerprint density at radius 2 is 2.17 bits per heavy atom. The fourth-order valence-corrected chi connectivity index (χ4v) is 3.18. The third-order valence-corrected chi connectivity index (χ3v) is 3.72. The molecule has 0 aromatic heterocycles. The number of carboxylic acid groups (broad SMARTS) is 1. The molecule has 1 aromatic rings. The van der Waals surface area contributed by atoms with Crippen LogP contribution in [0, 0.1) is 0 Å². The summed E-state index contributed by atoms with van der Waals surface area (Å²) < 4.78 is 0.464. The van der Waals surface area contributed by atoms with E-state index in [4.69, 9.17) is 23.2 Å². The van der Waals surface area contributed by atoms with Crippen molar-refractivity contribution >= 4 is 56.7 Å². The molecule has 1 heterocycles. The predicted molar refractivity (Wildman–Crippen MR) is 72.7 cm³/mol. The molecule has 1 N–H and O–H groups in total. The zero-order valence-corrected chi connectivity index (χ0v) is 12.1. The van der Waals surface area contributed by atoms with Crippen LogP contribution in [0.5, 0.6) is 0 Å². The van der Waals surface area contributed by atoms with Crippen LogP contribution in [0.15, 0.2) is 16.6 Å². The van der Waals surface area contributed by atoms with Gasteiger partial charge in [0.2, 0.25) is 5.91 Å². The monoisotopic (exact) mass is 351 g/mol. The first kappa shape index (κ1) is 13.6. The molecule has 4 nitrogen and oxygen atoms in total. The minimum atomic E-state index is -1.14. The molecule has 1 aromatic carbocycles. The number of benzene rings is 1. The molecule has 96 valence electrons. The van der Waals surface area contributed by atoms with Crippen LogP contribution in [0.4, 0.5) is 5.69 Å². The first-order valence-corrected chi connectivity index (χ1v) is 6.67. The van der Waals surface area contributed by atoms with Crippen molar-refractivity contribution in [2.45, 2.75) is 11.8 Å². The molecule has 0 aliphatic carbocycles. The van der Waals surface area contributed by atoms with E-state index in [1.165, 1.54) is 11.0 Å². The van der Waals surface area contributed by atoms with Gasteiger partial charge in [0.25, 0.3) is 0 Å². The van der Waals surface area contributed by atoms with Gasteiger partial charge >= 0.3 is 5.97 Å². The highest BCUT2D eigenvalue weighted by Crippen LogP contribution is 2.36. The van der Waals surface area contributed by atoms with Crippen molar-refractivity contribution in [2.75, 3.05) is 11.4 Å². The van der Waals surface area contributed by atoms with Gasteiger partial charge in [-0.25, -0.2) is 4.79 Å². The predicted octanol–water partition coefficient (Wildman–Crippen LogP) is 3.14. The average molecular weight is 353 g/mol. The molecule has 1 amide bonds. The summed E-state index contributed by atoms with van der Waals surface area (Å²) in [5, 5.41) is 9.16. The molecule has 1 aliphatic rings. The lowest BCUT2D eigenvalue weighted by molar-refractivity contribution is -0.117. The Hall–Kier alpha value is -0.780. The zero-order valence-electron chi connectivity index (χ0n) is 8.99. The average Bonchev–Trinajstić information content (AvgIpc) is 2.56. The highest BCUT2D eigenvalue weighted by atomic mass is 79.9. The molecule has 18 heavy (non-hydrogen) atoms. The number of hydrogen-bond donors (Lipinski definition) is 1. The number of halogens is 3. The number of aromatic carboxylic acids is 1. The van der Waals surface area contributed by atoms with Crippen LogP contribution >= 0.6 is 39.1 Å². The second-order valence-corrected chi connectivity index (χ2v) is 5.80. The van der Waals surface area contributed by atoms with Gasteiger partial charge in [-0.1, -0.05) is 11.6 Å². The SMILES string of the molecule is O=C(O)c1cc(Cl)cc(Br)c1N1CC(Cl)CC1=O. The number of anilines is 1. The van der Waals surface area contributed by atoms with Gasteiger partial charge in [0, 0.05) is 22.5 Å². The molecular formula is C11H8BrCl2NO3.